The van der Waals surface area contributed by atoms with Crippen molar-refractivity contribution in [3.63, 3.8) is 0 Å². The molecular formula is C17H28N2O2. The molecule has 1 saturated carbocycles. The van der Waals surface area contributed by atoms with Crippen molar-refractivity contribution in [3.05, 3.63) is 0 Å². The van der Waals surface area contributed by atoms with Crippen LogP contribution in [0.15, 0.2) is 0 Å². The van der Waals surface area contributed by atoms with Crippen LogP contribution in [0.4, 0.5) is 0 Å². The molecule has 0 N–H and O–H groups in total. The fraction of sp³-hybridized carbons (Fsp3) is 0.882. The SMILES string of the molecule is CC1CCN(C(=O)C2CCCN2C(=O)C(C)C2CC2)CC1. The zero-order chi connectivity index (χ0) is 15.0. The van der Waals surface area contributed by atoms with E-state index < -0.39 is 0 Å². The summed E-state index contributed by atoms with van der Waals surface area (Å²) in [4.78, 5) is 29.3. The lowest BCUT2D eigenvalue weighted by molar-refractivity contribution is -0.146. The fourth-order valence-electron chi connectivity index (χ4n) is 3.79. The number of likely N-dealkylation sites (tertiary alicyclic amines) is 2. The molecule has 4 heteroatoms. The minimum absolute atomic E-state index is 0.111. The lowest BCUT2D eigenvalue weighted by Gasteiger charge is -2.35. The van der Waals surface area contributed by atoms with Crippen LogP contribution in [-0.2, 0) is 9.59 Å². The number of carbonyl (C=O) groups is 2. The molecule has 0 aromatic rings. The first-order valence-electron chi connectivity index (χ1n) is 8.67. The quantitative estimate of drug-likeness (QED) is 0.800. The molecule has 0 spiro atoms. The number of hydrogen-bond acceptors (Lipinski definition) is 2. The molecule has 0 aromatic carbocycles. The molecule has 3 aliphatic rings. The Morgan fingerprint density at radius 3 is 2.29 bits per heavy atom. The molecule has 0 radical (unpaired) electrons. The van der Waals surface area contributed by atoms with Crippen molar-refractivity contribution in [2.45, 2.75) is 58.4 Å². The first-order chi connectivity index (χ1) is 10.1. The summed E-state index contributed by atoms with van der Waals surface area (Å²) in [5, 5.41) is 0. The van der Waals surface area contributed by atoms with E-state index >= 15 is 0 Å². The number of amides is 2. The van der Waals surface area contributed by atoms with E-state index in [2.05, 4.69) is 6.92 Å². The van der Waals surface area contributed by atoms with Crippen LogP contribution in [0.2, 0.25) is 0 Å². The third-order valence-electron chi connectivity index (χ3n) is 5.63. The Morgan fingerprint density at radius 2 is 1.67 bits per heavy atom. The third-order valence-corrected chi connectivity index (χ3v) is 5.63. The van der Waals surface area contributed by atoms with E-state index in [4.69, 9.17) is 0 Å². The molecule has 21 heavy (non-hydrogen) atoms. The van der Waals surface area contributed by atoms with E-state index in [9.17, 15) is 9.59 Å². The molecule has 0 bridgehead atoms. The predicted molar refractivity (Wildman–Crippen MR) is 81.6 cm³/mol. The van der Waals surface area contributed by atoms with Crippen LogP contribution in [0, 0.1) is 17.8 Å². The Labute approximate surface area is 127 Å². The molecule has 3 rings (SSSR count). The molecule has 2 heterocycles. The van der Waals surface area contributed by atoms with Gasteiger partial charge in [0.2, 0.25) is 11.8 Å². The van der Waals surface area contributed by atoms with Gasteiger partial charge in [0.1, 0.15) is 6.04 Å². The van der Waals surface area contributed by atoms with Crippen LogP contribution in [0.25, 0.3) is 0 Å². The van der Waals surface area contributed by atoms with E-state index in [0.29, 0.717) is 5.92 Å². The molecule has 2 amide bonds. The van der Waals surface area contributed by atoms with Crippen LogP contribution >= 0.6 is 0 Å². The monoisotopic (exact) mass is 292 g/mol. The summed E-state index contributed by atoms with van der Waals surface area (Å²) in [6, 6.07) is -0.174. The highest BCUT2D eigenvalue weighted by molar-refractivity contribution is 5.89. The average Bonchev–Trinajstić information content (AvgIpc) is 3.23. The Hall–Kier alpha value is -1.06. The normalized spacial score (nSPS) is 28.8. The van der Waals surface area contributed by atoms with E-state index in [-0.39, 0.29) is 23.8 Å². The molecule has 118 valence electrons. The summed E-state index contributed by atoms with van der Waals surface area (Å²) in [6.07, 6.45) is 6.40. The van der Waals surface area contributed by atoms with Gasteiger partial charge in [-0.2, -0.15) is 0 Å². The van der Waals surface area contributed by atoms with Gasteiger partial charge in [-0.25, -0.2) is 0 Å². The van der Waals surface area contributed by atoms with Gasteiger partial charge in [-0.3, -0.25) is 9.59 Å². The number of rotatable bonds is 3. The van der Waals surface area contributed by atoms with E-state index in [1.54, 1.807) is 0 Å². The minimum Gasteiger partial charge on any atom is -0.341 e. The van der Waals surface area contributed by atoms with Crippen molar-refractivity contribution in [1.82, 2.24) is 9.80 Å². The second-order valence-corrected chi connectivity index (χ2v) is 7.32. The van der Waals surface area contributed by atoms with E-state index in [0.717, 1.165) is 51.2 Å². The molecule has 2 atom stereocenters. The van der Waals surface area contributed by atoms with Gasteiger partial charge in [-0.15, -0.1) is 0 Å². The third kappa shape index (κ3) is 3.09. The Kier molecular flexibility index (Phi) is 4.23. The van der Waals surface area contributed by atoms with Gasteiger partial charge >= 0.3 is 0 Å². The largest absolute Gasteiger partial charge is 0.341 e. The molecular weight excluding hydrogens is 264 g/mol. The van der Waals surface area contributed by atoms with Crippen molar-refractivity contribution in [2.24, 2.45) is 17.8 Å². The maximum Gasteiger partial charge on any atom is 0.245 e. The summed E-state index contributed by atoms with van der Waals surface area (Å²) in [5.74, 6) is 1.84. The lowest BCUT2D eigenvalue weighted by atomic mass is 9.98. The van der Waals surface area contributed by atoms with Gasteiger partial charge < -0.3 is 9.80 Å². The maximum absolute atomic E-state index is 12.8. The Bertz CT molecular complexity index is 411. The number of hydrogen-bond donors (Lipinski definition) is 0. The Morgan fingerprint density at radius 1 is 1.00 bits per heavy atom. The number of piperidine rings is 1. The van der Waals surface area contributed by atoms with Crippen molar-refractivity contribution in [1.29, 1.82) is 0 Å². The first-order valence-corrected chi connectivity index (χ1v) is 8.67. The second-order valence-electron chi connectivity index (χ2n) is 7.32. The predicted octanol–water partition coefficient (Wildman–Crippen LogP) is 2.28. The van der Waals surface area contributed by atoms with Gasteiger partial charge in [-0.1, -0.05) is 13.8 Å². The van der Waals surface area contributed by atoms with Crippen molar-refractivity contribution in [3.8, 4) is 0 Å². The molecule has 2 saturated heterocycles. The fourth-order valence-corrected chi connectivity index (χ4v) is 3.79. The molecule has 4 nitrogen and oxygen atoms in total. The van der Waals surface area contributed by atoms with Crippen molar-refractivity contribution >= 4 is 11.8 Å². The average molecular weight is 292 g/mol. The second kappa shape index (κ2) is 5.98. The number of carbonyl (C=O) groups excluding carboxylic acids is 2. The number of nitrogens with zero attached hydrogens (tertiary/aromatic N) is 2. The van der Waals surface area contributed by atoms with Crippen molar-refractivity contribution in [2.75, 3.05) is 19.6 Å². The molecule has 1 aliphatic carbocycles. The van der Waals surface area contributed by atoms with Crippen LogP contribution in [-0.4, -0.2) is 47.3 Å². The van der Waals surface area contributed by atoms with Gasteiger partial charge in [0.05, 0.1) is 0 Å². The topological polar surface area (TPSA) is 40.6 Å². The van der Waals surface area contributed by atoms with Crippen LogP contribution < -0.4 is 0 Å². The molecule has 2 aliphatic heterocycles. The maximum atomic E-state index is 12.8. The van der Waals surface area contributed by atoms with Gasteiger partial charge in [-0.05, 0) is 50.4 Å². The van der Waals surface area contributed by atoms with Crippen LogP contribution in [0.1, 0.15) is 52.4 Å². The van der Waals surface area contributed by atoms with Gasteiger partial charge in [0.15, 0.2) is 0 Å². The van der Waals surface area contributed by atoms with Gasteiger partial charge in [0, 0.05) is 25.6 Å². The lowest BCUT2D eigenvalue weighted by Crippen LogP contribution is -2.51. The molecule has 2 unspecified atom stereocenters. The summed E-state index contributed by atoms with van der Waals surface area (Å²) in [5.41, 5.74) is 0. The zero-order valence-electron chi connectivity index (χ0n) is 13.4. The Balaban J connectivity index is 1.63. The highest BCUT2D eigenvalue weighted by Crippen LogP contribution is 2.38. The van der Waals surface area contributed by atoms with E-state index in [1.165, 1.54) is 12.8 Å². The molecule has 0 aromatic heterocycles. The summed E-state index contributed by atoms with van der Waals surface area (Å²) in [6.45, 7) is 6.82. The van der Waals surface area contributed by atoms with Gasteiger partial charge in [0.25, 0.3) is 0 Å². The summed E-state index contributed by atoms with van der Waals surface area (Å²) >= 11 is 0. The van der Waals surface area contributed by atoms with Crippen molar-refractivity contribution < 1.29 is 9.59 Å². The highest BCUT2D eigenvalue weighted by Gasteiger charge is 2.42. The standard InChI is InChI=1S/C17H28N2O2/c1-12-7-10-18(11-8-12)17(21)15-4-3-9-19(15)16(20)13(2)14-5-6-14/h12-15H,3-11H2,1-2H3. The van der Waals surface area contributed by atoms with Crippen LogP contribution in [0.5, 0.6) is 0 Å². The summed E-state index contributed by atoms with van der Waals surface area (Å²) < 4.78 is 0. The minimum atomic E-state index is -0.174. The molecule has 3 fully saturated rings. The smallest absolute Gasteiger partial charge is 0.245 e. The van der Waals surface area contributed by atoms with E-state index in [1.807, 2.05) is 16.7 Å². The summed E-state index contributed by atoms with van der Waals surface area (Å²) in [7, 11) is 0. The van der Waals surface area contributed by atoms with Crippen LogP contribution in [0.3, 0.4) is 0 Å². The zero-order valence-corrected chi connectivity index (χ0v) is 13.4. The first kappa shape index (κ1) is 14.9. The highest BCUT2D eigenvalue weighted by atomic mass is 16.2.